The average molecular weight is 626 g/mol. The third kappa shape index (κ3) is 7.14. The largest absolute Gasteiger partial charge is 0.381 e. The molecule has 0 radical (unpaired) electrons. The summed E-state index contributed by atoms with van der Waals surface area (Å²) in [6.45, 7) is 5.21. The molecule has 236 valence electrons. The number of anilines is 3. The topological polar surface area (TPSA) is 143 Å². The Hall–Kier alpha value is -5.97. The van der Waals surface area contributed by atoms with Crippen molar-refractivity contribution in [1.82, 2.24) is 16.0 Å². The molecule has 3 heterocycles. The Labute approximate surface area is 272 Å². The fourth-order valence-electron chi connectivity index (χ4n) is 5.61. The van der Waals surface area contributed by atoms with Crippen LogP contribution in [0.15, 0.2) is 106 Å². The number of nitrogens with one attached hydrogen (secondary N) is 6. The Kier molecular flexibility index (Phi) is 8.58. The Balaban J connectivity index is 1.09. The predicted octanol–water partition coefficient (Wildman–Crippen LogP) is 3.85. The molecular formula is C36H35N9O2. The van der Waals surface area contributed by atoms with Crippen molar-refractivity contribution in [2.45, 2.75) is 6.54 Å². The molecule has 0 saturated carbocycles. The maximum Gasteiger partial charge on any atom is 0.255 e. The van der Waals surface area contributed by atoms with Crippen LogP contribution in [0.2, 0.25) is 0 Å². The van der Waals surface area contributed by atoms with Crippen LogP contribution in [0.5, 0.6) is 0 Å². The lowest BCUT2D eigenvalue weighted by Crippen LogP contribution is -2.20. The number of hydrogen-bond donors (Lipinski definition) is 6. The standard InChI is InChI=1S/C36H35N9O2/c46-35(44-30-9-3-25(4-10-30)33-39-15-16-40-33)27-19-23(22-43-29-7-1-24(2-8-29)32-37-13-14-38-32)20-28(21-27)36(47)45-31-11-5-26(6-12-31)34-41-17-18-42-34/h1-12,19-21,43H,13-18,22H2,(H,37,38)(H,39,40)(H,41,42)(H,44,46)(H,45,47). The maximum absolute atomic E-state index is 13.5. The van der Waals surface area contributed by atoms with Gasteiger partial charge in [-0.2, -0.15) is 0 Å². The quantitative estimate of drug-likeness (QED) is 0.158. The van der Waals surface area contributed by atoms with Gasteiger partial charge in [0, 0.05) is 71.1 Å². The van der Waals surface area contributed by atoms with Crippen LogP contribution in [0.1, 0.15) is 43.0 Å². The molecule has 0 saturated heterocycles. The zero-order chi connectivity index (χ0) is 32.0. The highest BCUT2D eigenvalue weighted by Gasteiger charge is 2.16. The summed E-state index contributed by atoms with van der Waals surface area (Å²) >= 11 is 0. The molecular weight excluding hydrogens is 590 g/mol. The summed E-state index contributed by atoms with van der Waals surface area (Å²) in [6, 6.07) is 28.3. The average Bonchev–Trinajstić information content (AvgIpc) is 3.93. The first kappa shape index (κ1) is 29.7. The number of carbonyl (C=O) groups excluding carboxylic acids is 2. The monoisotopic (exact) mass is 625 g/mol. The third-order valence-electron chi connectivity index (χ3n) is 8.03. The van der Waals surface area contributed by atoms with Crippen molar-refractivity contribution in [1.29, 1.82) is 0 Å². The molecule has 0 unspecified atom stereocenters. The lowest BCUT2D eigenvalue weighted by molar-refractivity contribution is 0.102. The van der Waals surface area contributed by atoms with E-state index in [2.05, 4.69) is 46.9 Å². The molecule has 2 amide bonds. The summed E-state index contributed by atoms with van der Waals surface area (Å²) in [7, 11) is 0. The molecule has 0 bridgehead atoms. The smallest absolute Gasteiger partial charge is 0.255 e. The fraction of sp³-hybridized carbons (Fsp3) is 0.194. The molecule has 11 nitrogen and oxygen atoms in total. The van der Waals surface area contributed by atoms with Crippen LogP contribution in [-0.2, 0) is 6.54 Å². The van der Waals surface area contributed by atoms with Gasteiger partial charge in [-0.1, -0.05) is 0 Å². The molecule has 0 spiro atoms. The van der Waals surface area contributed by atoms with E-state index in [4.69, 9.17) is 0 Å². The number of benzene rings is 4. The van der Waals surface area contributed by atoms with Crippen molar-refractivity contribution < 1.29 is 9.59 Å². The summed E-state index contributed by atoms with van der Waals surface area (Å²) in [4.78, 5) is 40.4. The summed E-state index contributed by atoms with van der Waals surface area (Å²) in [5.74, 6) is 2.00. The minimum atomic E-state index is -0.312. The van der Waals surface area contributed by atoms with Crippen LogP contribution in [-0.4, -0.2) is 68.6 Å². The molecule has 47 heavy (non-hydrogen) atoms. The van der Waals surface area contributed by atoms with Crippen molar-refractivity contribution in [2.75, 3.05) is 55.2 Å². The van der Waals surface area contributed by atoms with E-state index in [0.29, 0.717) is 29.0 Å². The molecule has 0 aliphatic carbocycles. The second-order valence-electron chi connectivity index (χ2n) is 11.4. The van der Waals surface area contributed by atoms with E-state index in [-0.39, 0.29) is 11.8 Å². The van der Waals surface area contributed by atoms with Gasteiger partial charge in [0.2, 0.25) is 0 Å². The summed E-state index contributed by atoms with van der Waals surface area (Å²) < 4.78 is 0. The first-order valence-electron chi connectivity index (χ1n) is 15.7. The lowest BCUT2D eigenvalue weighted by atomic mass is 10.0. The van der Waals surface area contributed by atoms with Crippen LogP contribution < -0.4 is 31.9 Å². The SMILES string of the molecule is O=C(Nc1ccc(C2=NCCN2)cc1)c1cc(CNc2ccc(C3=NCCN3)cc2)cc(C(=O)Nc2ccc(C3=NCCN3)cc2)c1. The highest BCUT2D eigenvalue weighted by atomic mass is 16.2. The third-order valence-corrected chi connectivity index (χ3v) is 8.03. The molecule has 11 heteroatoms. The van der Waals surface area contributed by atoms with Crippen molar-refractivity contribution in [3.05, 3.63) is 124 Å². The van der Waals surface area contributed by atoms with E-state index in [1.165, 1.54) is 0 Å². The number of carbonyl (C=O) groups is 2. The molecule has 0 aromatic heterocycles. The van der Waals surface area contributed by atoms with Crippen molar-refractivity contribution in [2.24, 2.45) is 15.0 Å². The van der Waals surface area contributed by atoms with Crippen molar-refractivity contribution >= 4 is 46.4 Å². The summed E-state index contributed by atoms with van der Waals surface area (Å²) in [5.41, 5.74) is 6.72. The van der Waals surface area contributed by atoms with Gasteiger partial charge in [0.25, 0.3) is 11.8 Å². The minimum absolute atomic E-state index is 0.312. The normalized spacial score (nSPS) is 15.0. The van der Waals surface area contributed by atoms with Gasteiger partial charge in [-0.25, -0.2) is 0 Å². The highest BCUT2D eigenvalue weighted by Crippen LogP contribution is 2.19. The number of aliphatic imine (C=N–C) groups is 3. The number of nitrogens with zero attached hydrogens (tertiary/aromatic N) is 3. The first-order chi connectivity index (χ1) is 23.1. The van der Waals surface area contributed by atoms with E-state index in [0.717, 1.165) is 84.7 Å². The number of amides is 2. The zero-order valence-corrected chi connectivity index (χ0v) is 25.8. The van der Waals surface area contributed by atoms with Crippen LogP contribution in [0.4, 0.5) is 17.1 Å². The summed E-state index contributed by atoms with van der Waals surface area (Å²) in [6.07, 6.45) is 0. The number of amidine groups is 3. The van der Waals surface area contributed by atoms with Gasteiger partial charge in [-0.3, -0.25) is 24.6 Å². The van der Waals surface area contributed by atoms with E-state index in [9.17, 15) is 9.59 Å². The minimum Gasteiger partial charge on any atom is -0.381 e. The second-order valence-corrected chi connectivity index (χ2v) is 11.4. The molecule has 6 N–H and O–H groups in total. The van der Waals surface area contributed by atoms with Gasteiger partial charge in [-0.05, 0) is 96.6 Å². The van der Waals surface area contributed by atoms with Crippen molar-refractivity contribution in [3.63, 3.8) is 0 Å². The van der Waals surface area contributed by atoms with Gasteiger partial charge in [-0.15, -0.1) is 0 Å². The van der Waals surface area contributed by atoms with Crippen molar-refractivity contribution in [3.8, 4) is 0 Å². The number of rotatable bonds is 10. The zero-order valence-electron chi connectivity index (χ0n) is 25.8. The van der Waals surface area contributed by atoms with Crippen LogP contribution in [0.25, 0.3) is 0 Å². The molecule has 7 rings (SSSR count). The Bertz CT molecular complexity index is 1780. The highest BCUT2D eigenvalue weighted by molar-refractivity contribution is 6.09. The Morgan fingerprint density at radius 2 is 0.915 bits per heavy atom. The van der Waals surface area contributed by atoms with Crippen LogP contribution in [0, 0.1) is 0 Å². The molecule has 0 atom stereocenters. The van der Waals surface area contributed by atoms with Gasteiger partial charge >= 0.3 is 0 Å². The van der Waals surface area contributed by atoms with E-state index < -0.39 is 0 Å². The maximum atomic E-state index is 13.5. The first-order valence-corrected chi connectivity index (χ1v) is 15.7. The van der Waals surface area contributed by atoms with E-state index in [1.54, 1.807) is 18.2 Å². The summed E-state index contributed by atoms with van der Waals surface area (Å²) in [5, 5.41) is 19.2. The van der Waals surface area contributed by atoms with E-state index >= 15 is 0 Å². The molecule has 4 aromatic carbocycles. The van der Waals surface area contributed by atoms with E-state index in [1.807, 2.05) is 72.8 Å². The van der Waals surface area contributed by atoms with Crippen LogP contribution in [0.3, 0.4) is 0 Å². The van der Waals surface area contributed by atoms with Gasteiger partial charge in [0.15, 0.2) is 0 Å². The van der Waals surface area contributed by atoms with Gasteiger partial charge < -0.3 is 31.9 Å². The van der Waals surface area contributed by atoms with Gasteiger partial charge in [0.1, 0.15) is 17.5 Å². The van der Waals surface area contributed by atoms with Crippen LogP contribution >= 0.6 is 0 Å². The molecule has 3 aliphatic rings. The molecule has 0 fully saturated rings. The lowest BCUT2D eigenvalue weighted by Gasteiger charge is -2.13. The Morgan fingerprint density at radius 1 is 0.532 bits per heavy atom. The molecule has 3 aliphatic heterocycles. The Morgan fingerprint density at radius 3 is 1.28 bits per heavy atom. The van der Waals surface area contributed by atoms with Gasteiger partial charge in [0.05, 0.1) is 19.6 Å². The fourth-order valence-corrected chi connectivity index (χ4v) is 5.61. The predicted molar refractivity (Wildman–Crippen MR) is 187 cm³/mol. The second kappa shape index (κ2) is 13.6. The molecule has 4 aromatic rings. The number of hydrogen-bond acceptors (Lipinski definition) is 9.